The van der Waals surface area contributed by atoms with Gasteiger partial charge in [0.2, 0.25) is 11.8 Å². The molecule has 0 unspecified atom stereocenters. The minimum absolute atomic E-state index is 0.102. The summed E-state index contributed by atoms with van der Waals surface area (Å²) in [7, 11) is 0. The van der Waals surface area contributed by atoms with Crippen LogP contribution < -0.4 is 10.6 Å². The molecule has 5 heteroatoms. The van der Waals surface area contributed by atoms with E-state index in [0.717, 1.165) is 32.4 Å². The molecule has 0 spiro atoms. The van der Waals surface area contributed by atoms with Crippen LogP contribution in [0.15, 0.2) is 24.3 Å². The van der Waals surface area contributed by atoms with Crippen molar-refractivity contribution in [3.63, 3.8) is 0 Å². The molecule has 2 amide bonds. The number of hydrogen-bond donors (Lipinski definition) is 1. The Labute approximate surface area is 143 Å². The minimum atomic E-state index is -0.294. The molecule has 0 saturated carbocycles. The van der Waals surface area contributed by atoms with E-state index in [1.165, 1.54) is 11.3 Å². The zero-order valence-electron chi connectivity index (χ0n) is 14.6. The molecule has 24 heavy (non-hydrogen) atoms. The molecule has 2 aliphatic heterocycles. The van der Waals surface area contributed by atoms with Crippen LogP contribution in [0.5, 0.6) is 0 Å². The largest absolute Gasteiger partial charge is 0.369 e. The van der Waals surface area contributed by atoms with E-state index in [9.17, 15) is 9.59 Å². The molecule has 1 saturated heterocycles. The molecule has 1 aromatic rings. The summed E-state index contributed by atoms with van der Waals surface area (Å²) >= 11 is 0. The number of anilines is 1. The lowest BCUT2D eigenvalue weighted by Gasteiger charge is -2.41. The van der Waals surface area contributed by atoms with E-state index in [-0.39, 0.29) is 23.8 Å². The van der Waals surface area contributed by atoms with Gasteiger partial charge in [-0.15, -0.1) is 0 Å². The van der Waals surface area contributed by atoms with E-state index in [4.69, 9.17) is 5.73 Å². The van der Waals surface area contributed by atoms with Crippen LogP contribution in [0, 0.1) is 5.92 Å². The Balaban J connectivity index is 1.77. The summed E-state index contributed by atoms with van der Waals surface area (Å²) in [5.41, 5.74) is 7.92. The number of amides is 2. The van der Waals surface area contributed by atoms with Gasteiger partial charge in [-0.1, -0.05) is 25.1 Å². The smallest absolute Gasteiger partial charge is 0.245 e. The second-order valence-electron chi connectivity index (χ2n) is 7.14. The van der Waals surface area contributed by atoms with Gasteiger partial charge in [-0.2, -0.15) is 0 Å². The lowest BCUT2D eigenvalue weighted by Crippen LogP contribution is -2.52. The fourth-order valence-electron chi connectivity index (χ4n) is 3.98. The minimum Gasteiger partial charge on any atom is -0.369 e. The molecule has 2 aliphatic rings. The predicted molar refractivity (Wildman–Crippen MR) is 94.8 cm³/mol. The van der Waals surface area contributed by atoms with Crippen molar-refractivity contribution in [2.45, 2.75) is 45.1 Å². The van der Waals surface area contributed by atoms with Gasteiger partial charge < -0.3 is 15.5 Å². The van der Waals surface area contributed by atoms with Gasteiger partial charge in [0.05, 0.1) is 5.92 Å². The van der Waals surface area contributed by atoms with E-state index in [1.54, 1.807) is 0 Å². The number of para-hydroxylation sites is 1. The van der Waals surface area contributed by atoms with Crippen molar-refractivity contribution in [1.82, 2.24) is 4.90 Å². The number of piperidine rings is 1. The fraction of sp³-hybridized carbons (Fsp3) is 0.579. The Bertz CT molecular complexity index is 631. The van der Waals surface area contributed by atoms with Gasteiger partial charge in [0.25, 0.3) is 0 Å². The average Bonchev–Trinajstić information content (AvgIpc) is 2.61. The van der Waals surface area contributed by atoms with E-state index >= 15 is 0 Å². The molecule has 130 valence electrons. The number of carbonyl (C=O) groups is 2. The summed E-state index contributed by atoms with van der Waals surface area (Å²) in [5, 5.41) is 0. The lowest BCUT2D eigenvalue weighted by molar-refractivity contribution is -0.135. The van der Waals surface area contributed by atoms with Crippen LogP contribution in [0.1, 0.15) is 44.6 Å². The van der Waals surface area contributed by atoms with Gasteiger partial charge in [-0.3, -0.25) is 9.59 Å². The lowest BCUT2D eigenvalue weighted by atomic mass is 9.90. The molecule has 0 radical (unpaired) electrons. The Hall–Kier alpha value is -2.04. The van der Waals surface area contributed by atoms with Gasteiger partial charge >= 0.3 is 0 Å². The number of nitrogens with zero attached hydrogens (tertiary/aromatic N) is 2. The number of fused-ring (bicyclic) bond motifs is 1. The van der Waals surface area contributed by atoms with Crippen LogP contribution >= 0.6 is 0 Å². The summed E-state index contributed by atoms with van der Waals surface area (Å²) in [4.78, 5) is 28.5. The SMILES string of the molecule is C[C@@H]1CCN([C@@H](C)C(=O)N2CCC[C@H](C(N)=O)C2)c2ccccc21. The summed E-state index contributed by atoms with van der Waals surface area (Å²) < 4.78 is 0. The number of nitrogens with two attached hydrogens (primary N) is 1. The molecule has 5 nitrogen and oxygen atoms in total. The Morgan fingerprint density at radius 3 is 2.71 bits per heavy atom. The summed E-state index contributed by atoms with van der Waals surface area (Å²) in [5.74, 6) is 0.125. The monoisotopic (exact) mass is 329 g/mol. The summed E-state index contributed by atoms with van der Waals surface area (Å²) in [6.45, 7) is 6.29. The van der Waals surface area contributed by atoms with E-state index < -0.39 is 0 Å². The zero-order valence-corrected chi connectivity index (χ0v) is 14.6. The predicted octanol–water partition coefficient (Wildman–Crippen LogP) is 2.11. The van der Waals surface area contributed by atoms with Crippen molar-refractivity contribution in [3.8, 4) is 0 Å². The highest BCUT2D eigenvalue weighted by Crippen LogP contribution is 2.36. The number of carbonyl (C=O) groups excluding carboxylic acids is 2. The maximum absolute atomic E-state index is 13.0. The molecule has 1 aromatic carbocycles. The number of primary amides is 1. The molecular formula is C19H27N3O2. The van der Waals surface area contributed by atoms with Crippen molar-refractivity contribution in [3.05, 3.63) is 29.8 Å². The highest BCUT2D eigenvalue weighted by molar-refractivity contribution is 5.86. The van der Waals surface area contributed by atoms with Crippen LogP contribution in [0.3, 0.4) is 0 Å². The van der Waals surface area contributed by atoms with Crippen molar-refractivity contribution >= 4 is 17.5 Å². The van der Waals surface area contributed by atoms with Crippen molar-refractivity contribution in [2.24, 2.45) is 11.7 Å². The van der Waals surface area contributed by atoms with Crippen LogP contribution in [0.2, 0.25) is 0 Å². The number of likely N-dealkylation sites (tertiary alicyclic amines) is 1. The molecule has 0 aliphatic carbocycles. The third-order valence-corrected chi connectivity index (χ3v) is 5.54. The third-order valence-electron chi connectivity index (χ3n) is 5.54. The van der Waals surface area contributed by atoms with Crippen molar-refractivity contribution in [1.29, 1.82) is 0 Å². The van der Waals surface area contributed by atoms with Crippen LogP contribution in [0.4, 0.5) is 5.69 Å². The van der Waals surface area contributed by atoms with E-state index in [1.807, 2.05) is 17.9 Å². The molecule has 2 N–H and O–H groups in total. The van der Waals surface area contributed by atoms with Gasteiger partial charge in [0.1, 0.15) is 6.04 Å². The topological polar surface area (TPSA) is 66.6 Å². The van der Waals surface area contributed by atoms with Crippen LogP contribution in [0.25, 0.3) is 0 Å². The first kappa shape index (κ1) is 16.8. The summed E-state index contributed by atoms with van der Waals surface area (Å²) in [6.07, 6.45) is 2.69. The molecule has 3 atom stereocenters. The van der Waals surface area contributed by atoms with E-state index in [0.29, 0.717) is 12.5 Å². The van der Waals surface area contributed by atoms with E-state index in [2.05, 4.69) is 30.0 Å². The van der Waals surface area contributed by atoms with Gasteiger partial charge in [-0.25, -0.2) is 0 Å². The second kappa shape index (κ2) is 6.83. The highest BCUT2D eigenvalue weighted by Gasteiger charge is 2.34. The van der Waals surface area contributed by atoms with Gasteiger partial charge in [0, 0.05) is 25.3 Å². The van der Waals surface area contributed by atoms with Crippen LogP contribution in [-0.4, -0.2) is 42.4 Å². The molecule has 1 fully saturated rings. The van der Waals surface area contributed by atoms with Gasteiger partial charge in [0.15, 0.2) is 0 Å². The molecular weight excluding hydrogens is 302 g/mol. The normalized spacial score (nSPS) is 25.1. The maximum atomic E-state index is 13.0. The first-order valence-corrected chi connectivity index (χ1v) is 8.92. The second-order valence-corrected chi connectivity index (χ2v) is 7.14. The third kappa shape index (κ3) is 3.12. The van der Waals surface area contributed by atoms with Crippen LogP contribution in [-0.2, 0) is 9.59 Å². The molecule has 0 aromatic heterocycles. The van der Waals surface area contributed by atoms with Crippen molar-refractivity contribution < 1.29 is 9.59 Å². The zero-order chi connectivity index (χ0) is 17.3. The Morgan fingerprint density at radius 2 is 1.96 bits per heavy atom. The average molecular weight is 329 g/mol. The molecule has 3 rings (SSSR count). The quantitative estimate of drug-likeness (QED) is 0.923. The van der Waals surface area contributed by atoms with Gasteiger partial charge in [-0.05, 0) is 43.7 Å². The maximum Gasteiger partial charge on any atom is 0.245 e. The Morgan fingerprint density at radius 1 is 1.21 bits per heavy atom. The summed E-state index contributed by atoms with van der Waals surface area (Å²) in [6, 6.07) is 8.15. The Kier molecular flexibility index (Phi) is 4.78. The number of benzene rings is 1. The first-order chi connectivity index (χ1) is 11.5. The fourth-order valence-corrected chi connectivity index (χ4v) is 3.98. The number of rotatable bonds is 3. The number of hydrogen-bond acceptors (Lipinski definition) is 3. The molecule has 0 bridgehead atoms. The standard InChI is InChI=1S/C19H27N3O2/c1-13-9-11-22(17-8-4-3-7-16(13)17)14(2)19(24)21-10-5-6-15(12-21)18(20)23/h3-4,7-8,13-15H,5-6,9-12H2,1-2H3,(H2,20,23)/t13-,14+,15+/m1/s1. The van der Waals surface area contributed by atoms with Crippen molar-refractivity contribution in [2.75, 3.05) is 24.5 Å². The first-order valence-electron chi connectivity index (χ1n) is 8.92. The highest BCUT2D eigenvalue weighted by atomic mass is 16.2. The molecule has 2 heterocycles.